The van der Waals surface area contributed by atoms with Gasteiger partial charge < -0.3 is 10.3 Å². The average molecular weight is 202 g/mol. The highest BCUT2D eigenvalue weighted by molar-refractivity contribution is 5.33. The number of nitrogens with two attached hydrogens (primary N) is 1. The van der Waals surface area contributed by atoms with E-state index in [9.17, 15) is 0 Å². The molecule has 0 bridgehead atoms. The van der Waals surface area contributed by atoms with Crippen LogP contribution in [0.3, 0.4) is 0 Å². The van der Waals surface area contributed by atoms with Crippen LogP contribution >= 0.6 is 0 Å². The molecule has 0 radical (unpaired) electrons. The van der Waals surface area contributed by atoms with Crippen LogP contribution in [0, 0.1) is 0 Å². The third kappa shape index (κ3) is 1.89. The molecule has 0 saturated carbocycles. The van der Waals surface area contributed by atoms with E-state index in [-0.39, 0.29) is 0 Å². The van der Waals surface area contributed by atoms with Gasteiger partial charge in [0, 0.05) is 31.6 Å². The van der Waals surface area contributed by atoms with Gasteiger partial charge in [0.1, 0.15) is 5.82 Å². The van der Waals surface area contributed by atoms with Gasteiger partial charge in [-0.3, -0.25) is 4.98 Å². The highest BCUT2D eigenvalue weighted by Gasteiger charge is 2.03. The van der Waals surface area contributed by atoms with Crippen molar-refractivity contribution in [2.24, 2.45) is 5.73 Å². The van der Waals surface area contributed by atoms with Gasteiger partial charge in [-0.2, -0.15) is 0 Å². The summed E-state index contributed by atoms with van der Waals surface area (Å²) in [5.41, 5.74) is 7.63. The molecule has 0 atom stereocenters. The van der Waals surface area contributed by atoms with Crippen molar-refractivity contribution >= 4 is 0 Å². The van der Waals surface area contributed by atoms with E-state index >= 15 is 0 Å². The molecule has 0 aliphatic rings. The number of rotatable bonds is 3. The first-order valence-corrected chi connectivity index (χ1v) is 5.01. The highest BCUT2D eigenvalue weighted by atomic mass is 15.1. The highest BCUT2D eigenvalue weighted by Crippen LogP contribution is 2.11. The van der Waals surface area contributed by atoms with Crippen LogP contribution in [0.15, 0.2) is 30.9 Å². The second-order valence-electron chi connectivity index (χ2n) is 3.32. The van der Waals surface area contributed by atoms with Crippen LogP contribution in [0.2, 0.25) is 0 Å². The number of aryl methyl sites for hydroxylation is 1. The Labute approximate surface area is 88.8 Å². The molecule has 0 fully saturated rings. The SMILES string of the molecule is CCc1nccn1-c1cncc(CN)c1. The Balaban J connectivity index is 2.44. The molecule has 0 aromatic carbocycles. The number of pyridine rings is 1. The van der Waals surface area contributed by atoms with Gasteiger partial charge in [0.2, 0.25) is 0 Å². The van der Waals surface area contributed by atoms with Crippen molar-refractivity contribution in [1.29, 1.82) is 0 Å². The summed E-state index contributed by atoms with van der Waals surface area (Å²) < 4.78 is 2.03. The maximum atomic E-state index is 5.58. The lowest BCUT2D eigenvalue weighted by molar-refractivity contribution is 0.882. The molecule has 0 spiro atoms. The molecular weight excluding hydrogens is 188 g/mol. The van der Waals surface area contributed by atoms with Gasteiger partial charge in [-0.1, -0.05) is 6.92 Å². The van der Waals surface area contributed by atoms with Gasteiger partial charge in [0.25, 0.3) is 0 Å². The molecular formula is C11H14N4. The van der Waals surface area contributed by atoms with Gasteiger partial charge >= 0.3 is 0 Å². The molecule has 2 rings (SSSR count). The number of aromatic nitrogens is 3. The Morgan fingerprint density at radius 2 is 2.27 bits per heavy atom. The van der Waals surface area contributed by atoms with E-state index < -0.39 is 0 Å². The Morgan fingerprint density at radius 1 is 1.40 bits per heavy atom. The standard InChI is InChI=1S/C11H14N4/c1-2-11-14-3-4-15(11)10-5-9(6-12)7-13-8-10/h3-5,7-8H,2,6,12H2,1H3. The smallest absolute Gasteiger partial charge is 0.112 e. The molecule has 2 N–H and O–H groups in total. The van der Waals surface area contributed by atoms with Gasteiger partial charge in [0.05, 0.1) is 11.9 Å². The largest absolute Gasteiger partial charge is 0.326 e. The van der Waals surface area contributed by atoms with Crippen LogP contribution in [-0.4, -0.2) is 14.5 Å². The molecule has 78 valence electrons. The minimum Gasteiger partial charge on any atom is -0.326 e. The van der Waals surface area contributed by atoms with E-state index in [1.165, 1.54) is 0 Å². The van der Waals surface area contributed by atoms with E-state index in [1.807, 2.05) is 23.0 Å². The van der Waals surface area contributed by atoms with Crippen LogP contribution < -0.4 is 5.73 Å². The normalized spacial score (nSPS) is 10.5. The summed E-state index contributed by atoms with van der Waals surface area (Å²) in [6, 6.07) is 2.04. The third-order valence-electron chi connectivity index (χ3n) is 2.33. The van der Waals surface area contributed by atoms with Crippen molar-refractivity contribution in [2.45, 2.75) is 19.9 Å². The Bertz CT molecular complexity index is 447. The molecule has 0 amide bonds. The number of hydrogen-bond donors (Lipinski definition) is 1. The van der Waals surface area contributed by atoms with Gasteiger partial charge in [-0.05, 0) is 11.6 Å². The van der Waals surface area contributed by atoms with E-state index in [1.54, 1.807) is 12.4 Å². The van der Waals surface area contributed by atoms with Crippen molar-refractivity contribution < 1.29 is 0 Å². The zero-order valence-corrected chi connectivity index (χ0v) is 8.72. The fourth-order valence-corrected chi connectivity index (χ4v) is 1.55. The summed E-state index contributed by atoms with van der Waals surface area (Å²) in [4.78, 5) is 8.43. The van der Waals surface area contributed by atoms with Crippen LogP contribution in [-0.2, 0) is 13.0 Å². The minimum atomic E-state index is 0.511. The van der Waals surface area contributed by atoms with Crippen molar-refractivity contribution in [1.82, 2.24) is 14.5 Å². The fraction of sp³-hybridized carbons (Fsp3) is 0.273. The van der Waals surface area contributed by atoms with E-state index in [4.69, 9.17) is 5.73 Å². The second-order valence-corrected chi connectivity index (χ2v) is 3.32. The number of imidazole rings is 1. The second kappa shape index (κ2) is 4.23. The zero-order valence-electron chi connectivity index (χ0n) is 8.72. The molecule has 0 aliphatic carbocycles. The maximum Gasteiger partial charge on any atom is 0.112 e. The molecule has 4 nitrogen and oxygen atoms in total. The Kier molecular flexibility index (Phi) is 2.78. The van der Waals surface area contributed by atoms with Crippen molar-refractivity contribution in [3.05, 3.63) is 42.2 Å². The van der Waals surface area contributed by atoms with Crippen molar-refractivity contribution in [3.8, 4) is 5.69 Å². The third-order valence-corrected chi connectivity index (χ3v) is 2.33. The van der Waals surface area contributed by atoms with Crippen molar-refractivity contribution in [3.63, 3.8) is 0 Å². The first-order chi connectivity index (χ1) is 7.35. The summed E-state index contributed by atoms with van der Waals surface area (Å²) in [5, 5.41) is 0. The lowest BCUT2D eigenvalue weighted by atomic mass is 10.2. The molecule has 0 unspecified atom stereocenters. The molecule has 15 heavy (non-hydrogen) atoms. The molecule has 2 heterocycles. The molecule has 0 saturated heterocycles. The average Bonchev–Trinajstić information content (AvgIpc) is 2.77. The predicted molar refractivity (Wildman–Crippen MR) is 58.6 cm³/mol. The molecule has 0 aliphatic heterocycles. The fourth-order valence-electron chi connectivity index (χ4n) is 1.55. The topological polar surface area (TPSA) is 56.7 Å². The summed E-state index contributed by atoms with van der Waals surface area (Å²) in [6.07, 6.45) is 8.25. The van der Waals surface area contributed by atoms with Crippen molar-refractivity contribution in [2.75, 3.05) is 0 Å². The van der Waals surface area contributed by atoms with Gasteiger partial charge in [0.15, 0.2) is 0 Å². The number of hydrogen-bond acceptors (Lipinski definition) is 3. The lowest BCUT2D eigenvalue weighted by Crippen LogP contribution is -2.02. The monoisotopic (exact) mass is 202 g/mol. The molecule has 2 aromatic heterocycles. The Hall–Kier alpha value is -1.68. The van der Waals surface area contributed by atoms with E-state index in [2.05, 4.69) is 16.9 Å². The van der Waals surface area contributed by atoms with Crippen LogP contribution in [0.25, 0.3) is 5.69 Å². The van der Waals surface area contributed by atoms with Gasteiger partial charge in [-0.25, -0.2) is 4.98 Å². The van der Waals surface area contributed by atoms with E-state index in [0.717, 1.165) is 23.5 Å². The first kappa shape index (κ1) is 9.86. The van der Waals surface area contributed by atoms with Gasteiger partial charge in [-0.15, -0.1) is 0 Å². The molecule has 2 aromatic rings. The minimum absolute atomic E-state index is 0.511. The predicted octanol–water partition coefficient (Wildman–Crippen LogP) is 1.29. The molecule has 4 heteroatoms. The quantitative estimate of drug-likeness (QED) is 0.815. The summed E-state index contributed by atoms with van der Waals surface area (Å²) >= 11 is 0. The Morgan fingerprint density at radius 3 is 3.00 bits per heavy atom. The van der Waals surface area contributed by atoms with Crippen LogP contribution in [0.1, 0.15) is 18.3 Å². The van der Waals surface area contributed by atoms with E-state index in [0.29, 0.717) is 6.54 Å². The summed E-state index contributed by atoms with van der Waals surface area (Å²) in [7, 11) is 0. The summed E-state index contributed by atoms with van der Waals surface area (Å²) in [6.45, 7) is 2.59. The first-order valence-electron chi connectivity index (χ1n) is 5.01. The maximum absolute atomic E-state index is 5.58. The zero-order chi connectivity index (χ0) is 10.7. The van der Waals surface area contributed by atoms with Crippen LogP contribution in [0.5, 0.6) is 0 Å². The lowest BCUT2D eigenvalue weighted by Gasteiger charge is -2.06. The van der Waals surface area contributed by atoms with Crippen LogP contribution in [0.4, 0.5) is 0 Å². The summed E-state index contributed by atoms with van der Waals surface area (Å²) in [5.74, 6) is 1.03. The number of nitrogens with zero attached hydrogens (tertiary/aromatic N) is 3.